The lowest BCUT2D eigenvalue weighted by Gasteiger charge is -2.36. The van der Waals surface area contributed by atoms with Crippen molar-refractivity contribution in [3.8, 4) is 0 Å². The van der Waals surface area contributed by atoms with E-state index in [1.807, 2.05) is 24.3 Å². The van der Waals surface area contributed by atoms with E-state index in [0.717, 1.165) is 35.9 Å². The van der Waals surface area contributed by atoms with Gasteiger partial charge in [0.15, 0.2) is 5.82 Å². The summed E-state index contributed by atoms with van der Waals surface area (Å²) in [5, 5.41) is 17.3. The number of nitrogens with zero attached hydrogens (tertiary/aromatic N) is 4. The molecule has 0 spiro atoms. The molecule has 0 aliphatic carbocycles. The number of hydrogen-bond donors (Lipinski definition) is 4. The normalized spacial score (nSPS) is 17.0. The first-order valence-corrected chi connectivity index (χ1v) is 14.2. The Morgan fingerprint density at radius 1 is 1.15 bits per heavy atom. The minimum Gasteiger partial charge on any atom is -0.509 e. The van der Waals surface area contributed by atoms with Gasteiger partial charge in [-0.3, -0.25) is 19.5 Å². The highest BCUT2D eigenvalue weighted by Crippen LogP contribution is 2.33. The fourth-order valence-electron chi connectivity index (χ4n) is 4.71. The molecule has 0 unspecified atom stereocenters. The van der Waals surface area contributed by atoms with Crippen LogP contribution in [0.5, 0.6) is 0 Å². The van der Waals surface area contributed by atoms with Crippen molar-refractivity contribution in [3.05, 3.63) is 78.1 Å². The Bertz CT molecular complexity index is 1480. The van der Waals surface area contributed by atoms with Crippen molar-refractivity contribution >= 4 is 53.2 Å². The van der Waals surface area contributed by atoms with E-state index in [9.17, 15) is 14.7 Å². The van der Waals surface area contributed by atoms with Gasteiger partial charge in [-0.15, -0.1) is 0 Å². The Morgan fingerprint density at radius 3 is 2.63 bits per heavy atom. The highest BCUT2D eigenvalue weighted by Gasteiger charge is 2.36. The van der Waals surface area contributed by atoms with Crippen LogP contribution in [0.1, 0.15) is 19.8 Å². The summed E-state index contributed by atoms with van der Waals surface area (Å²) in [6.07, 6.45) is 1.88. The monoisotopic (exact) mass is 571 g/mol. The number of anilines is 3. The molecule has 0 saturated carbocycles. The van der Waals surface area contributed by atoms with Gasteiger partial charge in [0.25, 0.3) is 11.8 Å². The zero-order valence-corrected chi connectivity index (χ0v) is 23.7. The molecular formula is C30H33N7O3S. The lowest BCUT2D eigenvalue weighted by atomic mass is 9.91. The van der Waals surface area contributed by atoms with E-state index in [4.69, 9.17) is 10.7 Å². The summed E-state index contributed by atoms with van der Waals surface area (Å²) in [5.74, 6) is -0.825. The second-order valence-electron chi connectivity index (χ2n) is 10.4. The Morgan fingerprint density at radius 2 is 1.90 bits per heavy atom. The number of benzene rings is 2. The first kappa shape index (κ1) is 28.3. The smallest absolute Gasteiger partial charge is 0.267 e. The van der Waals surface area contributed by atoms with Crippen LogP contribution < -0.4 is 21.3 Å². The van der Waals surface area contributed by atoms with Gasteiger partial charge in [-0.05, 0) is 68.9 Å². The predicted molar refractivity (Wildman–Crippen MR) is 163 cm³/mol. The second-order valence-corrected chi connectivity index (χ2v) is 11.5. The molecule has 3 aromatic rings. The second kappa shape index (κ2) is 12.1. The van der Waals surface area contributed by atoms with Gasteiger partial charge < -0.3 is 26.4 Å². The van der Waals surface area contributed by atoms with Crippen LogP contribution in [-0.4, -0.2) is 65.4 Å². The van der Waals surface area contributed by atoms with Crippen molar-refractivity contribution in [1.82, 2.24) is 9.88 Å². The largest absolute Gasteiger partial charge is 0.509 e. The van der Waals surface area contributed by atoms with Crippen LogP contribution in [0.2, 0.25) is 0 Å². The van der Waals surface area contributed by atoms with Crippen LogP contribution in [0.15, 0.2) is 93.0 Å². The van der Waals surface area contributed by atoms with Crippen molar-refractivity contribution in [2.24, 2.45) is 10.7 Å². The number of carbonyl (C=O) groups excluding carboxylic acids is 2. The van der Waals surface area contributed by atoms with Gasteiger partial charge in [0.1, 0.15) is 22.0 Å². The molecule has 2 amide bonds. The van der Waals surface area contributed by atoms with Crippen molar-refractivity contribution in [3.63, 3.8) is 0 Å². The Labute approximate surface area is 243 Å². The lowest BCUT2D eigenvalue weighted by Crippen LogP contribution is -2.49. The number of para-hydroxylation sites is 1. The van der Waals surface area contributed by atoms with E-state index < -0.39 is 11.8 Å². The molecule has 2 aromatic carbocycles. The molecule has 5 rings (SSSR count). The van der Waals surface area contributed by atoms with Crippen molar-refractivity contribution < 1.29 is 14.7 Å². The molecule has 41 heavy (non-hydrogen) atoms. The van der Waals surface area contributed by atoms with Gasteiger partial charge in [0.2, 0.25) is 0 Å². The zero-order valence-electron chi connectivity index (χ0n) is 22.8. The number of pyridine rings is 1. The summed E-state index contributed by atoms with van der Waals surface area (Å²) in [6.45, 7) is 8.16. The number of aliphatic imine (C=N–C) groups is 1. The molecule has 0 bridgehead atoms. The first-order valence-electron chi connectivity index (χ1n) is 13.3. The summed E-state index contributed by atoms with van der Waals surface area (Å²) in [7, 11) is 0. The molecule has 2 aliphatic rings. The third-order valence-corrected chi connectivity index (χ3v) is 8.08. The summed E-state index contributed by atoms with van der Waals surface area (Å²) >= 11 is 1.42. The van der Waals surface area contributed by atoms with E-state index in [-0.39, 0.29) is 23.4 Å². The molecular weight excluding hydrogens is 538 g/mol. The van der Waals surface area contributed by atoms with Gasteiger partial charge in [0.05, 0.1) is 13.2 Å². The molecule has 0 atom stereocenters. The number of rotatable bonds is 9. The topological polar surface area (TPSA) is 136 Å². The average molecular weight is 572 g/mol. The third kappa shape index (κ3) is 6.76. The quantitative estimate of drug-likeness (QED) is 0.217. The molecule has 2 aliphatic heterocycles. The summed E-state index contributed by atoms with van der Waals surface area (Å²) in [5.41, 5.74) is 7.65. The van der Waals surface area contributed by atoms with Gasteiger partial charge in [-0.2, -0.15) is 0 Å². The first-order chi connectivity index (χ1) is 19.7. The van der Waals surface area contributed by atoms with E-state index >= 15 is 0 Å². The molecule has 1 saturated heterocycles. The number of nitrogens with two attached hydrogens (primary N) is 1. The van der Waals surface area contributed by atoms with Crippen LogP contribution in [0.25, 0.3) is 0 Å². The van der Waals surface area contributed by atoms with Gasteiger partial charge in [-0.25, -0.2) is 4.98 Å². The number of aromatic nitrogens is 1. The van der Waals surface area contributed by atoms with Crippen LogP contribution in [0.3, 0.4) is 0 Å². The van der Waals surface area contributed by atoms with Crippen LogP contribution >= 0.6 is 11.8 Å². The Kier molecular flexibility index (Phi) is 8.39. The van der Waals surface area contributed by atoms with Crippen molar-refractivity contribution in [1.29, 1.82) is 0 Å². The molecule has 10 nitrogen and oxygen atoms in total. The predicted octanol–water partition coefficient (Wildman–Crippen LogP) is 4.54. The molecule has 1 fully saturated rings. The standard InChI is InChI=1S/C30H33N7O3S/c1-30(31)13-15-36(16-14-30)19-33-27-23(32-2)11-12-25(35-27)41-22-10-6-7-20(17-22)34-28(39)26-24(38)18-37(29(26)40)21-8-4-3-5-9-21/h3-12,17,38H,2,13-16,18-19,31H2,1H3,(H,33,35)(H,34,39). The molecule has 0 radical (unpaired) electrons. The summed E-state index contributed by atoms with van der Waals surface area (Å²) < 4.78 is 0. The maximum Gasteiger partial charge on any atom is 0.267 e. The fourth-order valence-corrected chi connectivity index (χ4v) is 5.56. The highest BCUT2D eigenvalue weighted by molar-refractivity contribution is 7.99. The Hall–Kier alpha value is -4.19. The van der Waals surface area contributed by atoms with Gasteiger partial charge in [-0.1, -0.05) is 36.0 Å². The van der Waals surface area contributed by atoms with E-state index in [2.05, 4.69) is 34.2 Å². The molecule has 212 valence electrons. The number of aliphatic hydroxyl groups is 1. The third-order valence-electron chi connectivity index (χ3n) is 7.15. The fraction of sp³-hybridized carbons (Fsp3) is 0.267. The minimum atomic E-state index is -0.660. The summed E-state index contributed by atoms with van der Waals surface area (Å²) in [4.78, 5) is 39.3. The zero-order chi connectivity index (χ0) is 29.0. The number of piperidine rings is 1. The number of carbonyl (C=O) groups is 2. The van der Waals surface area contributed by atoms with Crippen molar-refractivity contribution in [2.45, 2.75) is 35.2 Å². The number of amides is 2. The highest BCUT2D eigenvalue weighted by atomic mass is 32.2. The van der Waals surface area contributed by atoms with E-state index in [1.54, 1.807) is 42.5 Å². The van der Waals surface area contributed by atoms with Gasteiger partial charge >= 0.3 is 0 Å². The minimum absolute atomic E-state index is 0.0523. The van der Waals surface area contributed by atoms with E-state index in [1.165, 1.54) is 16.7 Å². The maximum absolute atomic E-state index is 13.0. The van der Waals surface area contributed by atoms with Crippen molar-refractivity contribution in [2.75, 3.05) is 41.8 Å². The molecule has 3 heterocycles. The number of hydrogen-bond acceptors (Lipinski definition) is 9. The Balaban J connectivity index is 1.23. The molecule has 5 N–H and O–H groups in total. The van der Waals surface area contributed by atoms with E-state index in [0.29, 0.717) is 29.5 Å². The number of likely N-dealkylation sites (tertiary alicyclic amines) is 1. The van der Waals surface area contributed by atoms with Crippen LogP contribution in [0.4, 0.5) is 22.9 Å². The molecule has 11 heteroatoms. The maximum atomic E-state index is 13.0. The van der Waals surface area contributed by atoms with Crippen LogP contribution in [-0.2, 0) is 9.59 Å². The van der Waals surface area contributed by atoms with Gasteiger partial charge in [0, 0.05) is 34.9 Å². The number of aliphatic hydroxyl groups excluding tert-OH is 1. The lowest BCUT2D eigenvalue weighted by molar-refractivity contribution is -0.119. The molecule has 1 aromatic heterocycles. The van der Waals surface area contributed by atoms with Crippen LogP contribution in [0, 0.1) is 0 Å². The SMILES string of the molecule is C=Nc1ccc(Sc2cccc(NC(=O)C3=C(O)CN(c4ccccc4)C3=O)c2)nc1NCN1CCC(C)(N)CC1. The number of nitrogens with one attached hydrogen (secondary N) is 2. The summed E-state index contributed by atoms with van der Waals surface area (Å²) in [6, 6.07) is 19.9. The average Bonchev–Trinajstić information content (AvgIpc) is 3.26.